The van der Waals surface area contributed by atoms with Gasteiger partial charge in [0.25, 0.3) is 0 Å². The van der Waals surface area contributed by atoms with Crippen molar-refractivity contribution in [1.29, 1.82) is 0 Å². The summed E-state index contributed by atoms with van der Waals surface area (Å²) in [6.07, 6.45) is 52.8. The van der Waals surface area contributed by atoms with Crippen molar-refractivity contribution in [2.24, 2.45) is 0 Å². The van der Waals surface area contributed by atoms with Crippen LogP contribution in [0.4, 0.5) is 0 Å². The maximum absolute atomic E-state index is 6.16. The molecular weight excluding hydrogens is 1580 g/mol. The van der Waals surface area contributed by atoms with Gasteiger partial charge in [0.15, 0.2) is 0 Å². The lowest BCUT2D eigenvalue weighted by atomic mass is 9.69. The van der Waals surface area contributed by atoms with E-state index in [1.165, 1.54) is 405 Å². The van der Waals surface area contributed by atoms with Crippen LogP contribution in [-0.2, 0) is 16.2 Å². The number of fused-ring (bicyclic) bond motifs is 12. The van der Waals surface area contributed by atoms with Gasteiger partial charge >= 0.3 is 0 Å². The number of unbranched alkanes of at least 4 members (excludes halogenated alkanes) is 30. The fourth-order valence-corrected chi connectivity index (χ4v) is 24.4. The number of nitrogens with zero attached hydrogens (tertiary/aromatic N) is 6. The minimum absolute atomic E-state index is 0.114. The van der Waals surface area contributed by atoms with Crippen LogP contribution in [0, 0.1) is 6.92 Å². The molecule has 3 aliphatic rings. The molecule has 7 nitrogen and oxygen atoms in total. The number of benzene rings is 10. The van der Waals surface area contributed by atoms with E-state index in [2.05, 4.69) is 232 Å². The zero-order chi connectivity index (χ0) is 86.1. The van der Waals surface area contributed by atoms with Gasteiger partial charge in [-0.05, 0) is 219 Å². The standard InChI is InChI=1S/C115H140N6OS3/c1-10-16-22-28-34-40-68-113(69-41-35-29-23-17-11-2)101-74-83(82-47-55-89(56-48-82)122-80(7)8)49-58-95(101)96-60-51-85(76-102(96)113)91-64-65-92(110-109(91)118-124-119-110)87-53-62-99-100-63-54-88(79-106(100)115(105(99)78-87,72-44-38-32-26-20-14-5)73-45-39-33-27-21-15-6)94-67-66-93(111-112(94)121-125-120-111)86-52-61-98-97-59-50-84(90-57-46-81(9)107-108(90)117-123-116-107)75-103(97)114(104(98)77-86,70-42-36-30-24-18-12-3)71-43-37-31-25-19-13-4/h46-67,74-80H,10-45,68-73H2,1-9H3. The van der Waals surface area contributed by atoms with Crippen LogP contribution in [0.5, 0.6) is 5.75 Å². The molecule has 13 aromatic rings. The van der Waals surface area contributed by atoms with Crippen LogP contribution in [0.25, 0.3) is 133 Å². The van der Waals surface area contributed by atoms with Crippen molar-refractivity contribution >= 4 is 68.3 Å². The summed E-state index contributed by atoms with van der Waals surface area (Å²) < 4.78 is 37.3. The predicted octanol–water partition coefficient (Wildman–Crippen LogP) is 36.1. The van der Waals surface area contributed by atoms with E-state index in [1.54, 1.807) is 0 Å². The van der Waals surface area contributed by atoms with Crippen molar-refractivity contribution in [3.63, 3.8) is 0 Å². The minimum Gasteiger partial charge on any atom is -0.491 e. The average molecular weight is 1720 g/mol. The summed E-state index contributed by atoms with van der Waals surface area (Å²) in [4.78, 5) is 0. The van der Waals surface area contributed by atoms with Crippen molar-refractivity contribution < 1.29 is 4.74 Å². The molecule has 0 saturated carbocycles. The summed E-state index contributed by atoms with van der Waals surface area (Å²) >= 11 is 4.08. The second-order valence-corrected chi connectivity index (χ2v) is 39.8. The van der Waals surface area contributed by atoms with Crippen LogP contribution in [0.3, 0.4) is 0 Å². The van der Waals surface area contributed by atoms with Gasteiger partial charge in [-0.15, -0.1) is 0 Å². The topological polar surface area (TPSA) is 86.6 Å². The third kappa shape index (κ3) is 19.2. The van der Waals surface area contributed by atoms with Crippen LogP contribution in [0.1, 0.15) is 364 Å². The minimum atomic E-state index is -0.192. The molecule has 3 aromatic heterocycles. The highest BCUT2D eigenvalue weighted by molar-refractivity contribution is 7.00. The Morgan fingerprint density at radius 3 is 0.680 bits per heavy atom. The molecule has 0 saturated heterocycles. The SMILES string of the molecule is CCCCCCCCC1(CCCCCCCC)c2cc(-c3ccc(OC(C)C)cc3)ccc2-c2ccc(-c3ccc(-c4ccc5c(c4)C(CCCCCCCC)(CCCCCCCC)c4cc(-c6ccc(-c7ccc8c(c7)C(CCCCCCCC)(CCCCCCCC)c7cc(-c9ccc(C)c%10nsnc9%10)ccc7-8)c7nsnc67)ccc4-5)c4nsnc34)cc21. The molecule has 3 aliphatic carbocycles. The van der Waals surface area contributed by atoms with Gasteiger partial charge in [-0.25, -0.2) is 0 Å². The Balaban J connectivity index is 0.765. The van der Waals surface area contributed by atoms with Crippen LogP contribution in [-0.4, -0.2) is 32.3 Å². The Hall–Kier alpha value is -8.54. The smallest absolute Gasteiger partial charge is 0.119 e. The highest BCUT2D eigenvalue weighted by Crippen LogP contribution is 2.61. The molecule has 0 atom stereocenters. The first-order valence-electron chi connectivity index (χ1n) is 49.9. The highest BCUT2D eigenvalue weighted by Gasteiger charge is 2.47. The van der Waals surface area contributed by atoms with Gasteiger partial charge in [0.05, 0.1) is 41.3 Å². The molecule has 0 radical (unpaired) electrons. The zero-order valence-corrected chi connectivity index (χ0v) is 79.7. The fraction of sp³-hybridized carbons (Fsp3) is 0.478. The van der Waals surface area contributed by atoms with Crippen LogP contribution < -0.4 is 4.74 Å². The second-order valence-electron chi connectivity index (χ2n) is 38.2. The van der Waals surface area contributed by atoms with Gasteiger partial charge in [0, 0.05) is 44.1 Å². The van der Waals surface area contributed by atoms with Crippen LogP contribution >= 0.6 is 35.2 Å². The molecule has 654 valence electrons. The number of hydrogen-bond donors (Lipinski definition) is 0. The van der Waals surface area contributed by atoms with Gasteiger partial charge in [-0.3, -0.25) is 0 Å². The van der Waals surface area contributed by atoms with Gasteiger partial charge in [-0.1, -0.05) is 394 Å². The van der Waals surface area contributed by atoms with Gasteiger partial charge in [0.1, 0.15) is 38.8 Å². The Kier molecular flexibility index (Phi) is 30.6. The molecule has 0 aliphatic heterocycles. The molecule has 0 fully saturated rings. The van der Waals surface area contributed by atoms with Crippen molar-refractivity contribution in [3.8, 4) is 106 Å². The van der Waals surface area contributed by atoms with Crippen LogP contribution in [0.2, 0.25) is 0 Å². The molecule has 0 amide bonds. The van der Waals surface area contributed by atoms with E-state index in [9.17, 15) is 0 Å². The predicted molar refractivity (Wildman–Crippen MR) is 539 cm³/mol. The van der Waals surface area contributed by atoms with Crippen LogP contribution in [0.15, 0.2) is 170 Å². The fourth-order valence-electron chi connectivity index (χ4n) is 22.6. The molecule has 0 unspecified atom stereocenters. The van der Waals surface area contributed by atoms with E-state index in [0.717, 1.165) is 77.4 Å². The molecule has 10 heteroatoms. The largest absolute Gasteiger partial charge is 0.491 e. The Bertz CT molecular complexity index is 5710. The first-order chi connectivity index (χ1) is 61.5. The lowest BCUT2D eigenvalue weighted by molar-refractivity contribution is 0.242. The van der Waals surface area contributed by atoms with Crippen molar-refractivity contribution in [2.75, 3.05) is 0 Å². The molecule has 0 N–H and O–H groups in total. The zero-order valence-electron chi connectivity index (χ0n) is 77.3. The normalized spacial score (nSPS) is 13.8. The third-order valence-corrected chi connectivity index (χ3v) is 31.0. The van der Waals surface area contributed by atoms with Crippen molar-refractivity contribution in [2.45, 2.75) is 354 Å². The number of aryl methyl sites for hydroxylation is 1. The molecule has 3 heterocycles. The summed E-state index contributed by atoms with van der Waals surface area (Å²) in [5.41, 5.74) is 38.8. The van der Waals surface area contributed by atoms with Crippen molar-refractivity contribution in [3.05, 3.63) is 209 Å². The van der Waals surface area contributed by atoms with E-state index < -0.39 is 0 Å². The summed E-state index contributed by atoms with van der Waals surface area (Å²) in [6, 6.07) is 68.1. The lowest BCUT2D eigenvalue weighted by Crippen LogP contribution is -2.25. The maximum Gasteiger partial charge on any atom is 0.119 e. The highest BCUT2D eigenvalue weighted by atomic mass is 32.1. The molecule has 16 rings (SSSR count). The lowest BCUT2D eigenvalue weighted by Gasteiger charge is -2.33. The molecule has 10 aromatic carbocycles. The summed E-state index contributed by atoms with van der Waals surface area (Å²) in [7, 11) is 0. The van der Waals surface area contributed by atoms with Gasteiger partial charge < -0.3 is 4.74 Å². The number of ether oxygens (including phenoxy) is 1. The Labute approximate surface area is 762 Å². The van der Waals surface area contributed by atoms with E-state index in [4.69, 9.17) is 31.0 Å². The summed E-state index contributed by atoms with van der Waals surface area (Å²) in [6.45, 7) is 20.4. The summed E-state index contributed by atoms with van der Waals surface area (Å²) in [5.74, 6) is 0.923. The third-order valence-electron chi connectivity index (χ3n) is 29.4. The molecule has 125 heavy (non-hydrogen) atoms. The quantitative estimate of drug-likeness (QED) is 0.0351. The average Bonchev–Trinajstić information content (AvgIpc) is 1.57. The Morgan fingerprint density at radius 1 is 0.224 bits per heavy atom. The van der Waals surface area contributed by atoms with E-state index in [-0.39, 0.29) is 22.3 Å². The maximum atomic E-state index is 6.16. The van der Waals surface area contributed by atoms with E-state index in [1.807, 2.05) is 0 Å². The van der Waals surface area contributed by atoms with Gasteiger partial charge in [0.2, 0.25) is 0 Å². The number of rotatable bonds is 50. The first kappa shape index (κ1) is 89.8. The molecular formula is C115H140N6OS3. The molecule has 0 spiro atoms. The van der Waals surface area contributed by atoms with Gasteiger partial charge in [-0.2, -0.15) is 26.2 Å². The Morgan fingerprint density at radius 2 is 0.424 bits per heavy atom. The van der Waals surface area contributed by atoms with E-state index >= 15 is 0 Å². The number of aromatic nitrogens is 6. The monoisotopic (exact) mass is 1720 g/mol. The van der Waals surface area contributed by atoms with Crippen molar-refractivity contribution in [1.82, 2.24) is 26.2 Å². The number of hydrogen-bond acceptors (Lipinski definition) is 10. The molecule has 0 bridgehead atoms. The first-order valence-corrected chi connectivity index (χ1v) is 52.1. The second kappa shape index (κ2) is 42.6. The summed E-state index contributed by atoms with van der Waals surface area (Å²) in [5, 5.41) is 0. The van der Waals surface area contributed by atoms with E-state index in [0.29, 0.717) is 0 Å².